The second-order valence-electron chi connectivity index (χ2n) is 11.8. The zero-order chi connectivity index (χ0) is 34.5. The molecule has 0 bridgehead atoms. The summed E-state index contributed by atoms with van der Waals surface area (Å²) in [6, 6.07) is -0.832. The average molecular weight is 694 g/mol. The fourth-order valence-electron chi connectivity index (χ4n) is 5.32. The number of aliphatic hydroxyl groups is 7. The van der Waals surface area contributed by atoms with E-state index in [4.69, 9.17) is 14.2 Å². The largest absolute Gasteiger partial charge is 0.394 e. The van der Waals surface area contributed by atoms with E-state index in [2.05, 4.69) is 27.9 Å². The molecule has 1 aromatic rings. The van der Waals surface area contributed by atoms with E-state index in [0.29, 0.717) is 12.2 Å². The molecule has 17 nitrogen and oxygen atoms in total. The molecule has 0 saturated carbocycles. The molecule has 2 saturated heterocycles. The van der Waals surface area contributed by atoms with E-state index in [1.165, 1.54) is 24.4 Å². The molecule has 1 aromatic heterocycles. The van der Waals surface area contributed by atoms with Gasteiger partial charge in [0.05, 0.1) is 19.4 Å². The molecule has 9 N–H and O–H groups in total. The van der Waals surface area contributed by atoms with Crippen LogP contribution >= 0.6 is 11.8 Å². The first-order valence-electron chi connectivity index (χ1n) is 16.2. The van der Waals surface area contributed by atoms with Crippen molar-refractivity contribution in [1.29, 1.82) is 0 Å². The Labute approximate surface area is 278 Å². The number of carbonyl (C=O) groups is 2. The number of carbonyl (C=O) groups excluding carboxylic acids is 2. The second-order valence-corrected chi connectivity index (χ2v) is 13.0. The van der Waals surface area contributed by atoms with Gasteiger partial charge in [-0.15, -0.1) is 5.10 Å². The second kappa shape index (κ2) is 19.9. The summed E-state index contributed by atoms with van der Waals surface area (Å²) in [5, 5.41) is 84.8. The Morgan fingerprint density at radius 2 is 1.62 bits per heavy atom. The van der Waals surface area contributed by atoms with Gasteiger partial charge in [-0.3, -0.25) is 9.59 Å². The first kappa shape index (κ1) is 39.5. The van der Waals surface area contributed by atoms with Crippen molar-refractivity contribution in [1.82, 2.24) is 20.3 Å². The van der Waals surface area contributed by atoms with Gasteiger partial charge < -0.3 is 60.6 Å². The van der Waals surface area contributed by atoms with Crippen LogP contribution in [0, 0.1) is 0 Å². The number of anilines is 1. The van der Waals surface area contributed by atoms with Gasteiger partial charge in [0.1, 0.15) is 54.9 Å². The molecule has 2 fully saturated rings. The van der Waals surface area contributed by atoms with Gasteiger partial charge in [-0.05, 0) is 18.6 Å². The molecule has 0 aromatic carbocycles. The normalized spacial score (nSPS) is 31.8. The Balaban J connectivity index is 1.62. The monoisotopic (exact) mass is 693 g/mol. The Kier molecular flexibility index (Phi) is 16.7. The van der Waals surface area contributed by atoms with Crippen LogP contribution in [0.5, 0.6) is 0 Å². The standard InChI is InChI=1S/C29H51N5O12S/c1-3-5-6-7-8-9-10-20(37)30-16(15-47-11-4-2)27(43)31-19-12-34(33-32-19)28-24(41)23(40)26(18(14-36)44-28)46-29-25(42)22(39)21(38)17(13-35)45-29/h12,16-18,21-26,28-29,35-36,38-42H,3-11,13-15H2,1-2H3,(H,30,37)(H,31,43)/t16-,17?,18?,21?,22?,23?,24?,25?,26?,28-,29?/m1/s1. The first-order chi connectivity index (χ1) is 22.6. The number of unbranched alkanes of at least 4 members (excludes halogenated alkanes) is 5. The van der Waals surface area contributed by atoms with Crippen molar-refractivity contribution in [2.24, 2.45) is 0 Å². The molecule has 2 amide bonds. The van der Waals surface area contributed by atoms with Crippen LogP contribution in [-0.2, 0) is 23.8 Å². The van der Waals surface area contributed by atoms with E-state index in [1.54, 1.807) is 0 Å². The SMILES string of the molecule is CCCCCCCCC(=O)N[C@H](CSCCC)C(=O)Nc1cn([C@@H]2OC(CO)C(OC3OC(CO)C(O)C(O)C3O)C(O)C2O)nn1. The molecule has 3 heterocycles. The molecular weight excluding hydrogens is 642 g/mol. The van der Waals surface area contributed by atoms with E-state index < -0.39 is 86.5 Å². The van der Waals surface area contributed by atoms with E-state index in [1.807, 2.05) is 6.92 Å². The lowest BCUT2D eigenvalue weighted by molar-refractivity contribution is -0.347. The number of hydrogen-bond acceptors (Lipinski definition) is 15. The van der Waals surface area contributed by atoms with Crippen LogP contribution in [-0.4, -0.2) is 148 Å². The van der Waals surface area contributed by atoms with Gasteiger partial charge in [0, 0.05) is 12.2 Å². The predicted octanol–water partition coefficient (Wildman–Crippen LogP) is -1.61. The quantitative estimate of drug-likeness (QED) is 0.0739. The van der Waals surface area contributed by atoms with Crippen molar-refractivity contribution in [3.05, 3.63) is 6.20 Å². The summed E-state index contributed by atoms with van der Waals surface area (Å²) < 4.78 is 17.7. The minimum Gasteiger partial charge on any atom is -0.394 e. The van der Waals surface area contributed by atoms with Crippen molar-refractivity contribution in [3.63, 3.8) is 0 Å². The molecule has 9 unspecified atom stereocenters. The Hall–Kier alpha value is -1.97. The summed E-state index contributed by atoms with van der Waals surface area (Å²) in [5.74, 6) is 0.407. The first-order valence-corrected chi connectivity index (χ1v) is 17.4. The van der Waals surface area contributed by atoms with Crippen molar-refractivity contribution in [2.75, 3.05) is 30.0 Å². The van der Waals surface area contributed by atoms with Crippen LogP contribution < -0.4 is 10.6 Å². The van der Waals surface area contributed by atoms with E-state index in [9.17, 15) is 45.3 Å². The lowest BCUT2D eigenvalue weighted by Crippen LogP contribution is -2.63. The fraction of sp³-hybridized carbons (Fsp3) is 0.862. The van der Waals surface area contributed by atoms with E-state index in [-0.39, 0.29) is 11.7 Å². The number of aliphatic hydroxyl groups excluding tert-OH is 7. The third kappa shape index (κ3) is 11.0. The third-order valence-corrected chi connectivity index (χ3v) is 9.31. The summed E-state index contributed by atoms with van der Waals surface area (Å²) in [7, 11) is 0. The third-order valence-electron chi connectivity index (χ3n) is 8.04. The Bertz CT molecular complexity index is 1080. The summed E-state index contributed by atoms with van der Waals surface area (Å²) in [5.41, 5.74) is 0. The molecule has 0 radical (unpaired) electrons. The molecule has 47 heavy (non-hydrogen) atoms. The van der Waals surface area contributed by atoms with Crippen molar-refractivity contribution in [2.45, 2.75) is 133 Å². The highest BCUT2D eigenvalue weighted by atomic mass is 32.2. The van der Waals surface area contributed by atoms with Crippen LogP contribution in [0.3, 0.4) is 0 Å². The molecule has 18 heteroatoms. The fourth-order valence-corrected chi connectivity index (χ4v) is 6.25. The summed E-state index contributed by atoms with van der Waals surface area (Å²) in [4.78, 5) is 25.8. The predicted molar refractivity (Wildman–Crippen MR) is 168 cm³/mol. The summed E-state index contributed by atoms with van der Waals surface area (Å²) >= 11 is 1.53. The summed E-state index contributed by atoms with van der Waals surface area (Å²) in [6.45, 7) is 2.72. The Morgan fingerprint density at radius 3 is 2.30 bits per heavy atom. The number of thioether (sulfide) groups is 1. The van der Waals surface area contributed by atoms with Gasteiger partial charge in [-0.1, -0.05) is 51.2 Å². The smallest absolute Gasteiger partial charge is 0.249 e. The summed E-state index contributed by atoms with van der Waals surface area (Å²) in [6.07, 6.45) is -7.14. The highest BCUT2D eigenvalue weighted by molar-refractivity contribution is 7.99. The van der Waals surface area contributed by atoms with Crippen LogP contribution in [0.4, 0.5) is 5.82 Å². The molecular formula is C29H51N5O12S. The number of aromatic nitrogens is 3. The molecule has 11 atom stereocenters. The molecule has 0 spiro atoms. The minimum atomic E-state index is -1.79. The van der Waals surface area contributed by atoms with Gasteiger partial charge in [0.15, 0.2) is 18.3 Å². The molecule has 270 valence electrons. The van der Waals surface area contributed by atoms with Gasteiger partial charge in [-0.2, -0.15) is 11.8 Å². The van der Waals surface area contributed by atoms with Gasteiger partial charge >= 0.3 is 0 Å². The topological polar surface area (TPSA) is 258 Å². The molecule has 2 aliphatic rings. The van der Waals surface area contributed by atoms with Crippen molar-refractivity contribution < 1.29 is 59.5 Å². The van der Waals surface area contributed by atoms with Crippen LogP contribution in [0.1, 0.15) is 71.4 Å². The maximum atomic E-state index is 13.2. The van der Waals surface area contributed by atoms with Gasteiger partial charge in [-0.25, -0.2) is 4.68 Å². The zero-order valence-electron chi connectivity index (χ0n) is 26.8. The molecule has 0 aliphatic carbocycles. The van der Waals surface area contributed by atoms with Gasteiger partial charge in [0.25, 0.3) is 0 Å². The van der Waals surface area contributed by atoms with Crippen LogP contribution in [0.2, 0.25) is 0 Å². The number of rotatable bonds is 19. The average Bonchev–Trinajstić information content (AvgIpc) is 3.52. The minimum absolute atomic E-state index is 0.0174. The number of nitrogens with one attached hydrogen (secondary N) is 2. The highest BCUT2D eigenvalue weighted by Crippen LogP contribution is 2.32. The number of hydrogen-bond donors (Lipinski definition) is 9. The van der Waals surface area contributed by atoms with Crippen LogP contribution in [0.15, 0.2) is 6.20 Å². The van der Waals surface area contributed by atoms with E-state index >= 15 is 0 Å². The van der Waals surface area contributed by atoms with Gasteiger partial charge in [0.2, 0.25) is 11.8 Å². The Morgan fingerprint density at radius 1 is 0.915 bits per heavy atom. The highest BCUT2D eigenvalue weighted by Gasteiger charge is 2.51. The number of nitrogens with zero attached hydrogens (tertiary/aromatic N) is 3. The van der Waals surface area contributed by atoms with Crippen molar-refractivity contribution >= 4 is 29.4 Å². The zero-order valence-corrected chi connectivity index (χ0v) is 27.7. The lowest BCUT2D eigenvalue weighted by Gasteiger charge is -2.45. The molecule has 2 aliphatic heterocycles. The molecule has 3 rings (SSSR count). The lowest BCUT2D eigenvalue weighted by atomic mass is 9.96. The van der Waals surface area contributed by atoms with E-state index in [0.717, 1.165) is 49.0 Å². The van der Waals surface area contributed by atoms with Crippen LogP contribution in [0.25, 0.3) is 0 Å². The van der Waals surface area contributed by atoms with Crippen molar-refractivity contribution in [3.8, 4) is 0 Å². The maximum Gasteiger partial charge on any atom is 0.249 e. The number of ether oxygens (including phenoxy) is 3. The number of amides is 2. The maximum absolute atomic E-state index is 13.2.